The van der Waals surface area contributed by atoms with Crippen LogP contribution in [-0.4, -0.2) is 47.0 Å². The number of likely N-dealkylation sites (tertiary alicyclic amines) is 1. The van der Waals surface area contributed by atoms with Crippen LogP contribution >= 0.6 is 0 Å². The van der Waals surface area contributed by atoms with E-state index in [9.17, 15) is 10.2 Å². The van der Waals surface area contributed by atoms with Crippen LogP contribution in [0.2, 0.25) is 0 Å². The van der Waals surface area contributed by atoms with Gasteiger partial charge in [0.25, 0.3) is 0 Å². The second-order valence-corrected chi connectivity index (χ2v) is 8.66. The predicted molar refractivity (Wildman–Crippen MR) is 122 cm³/mol. The Kier molecular flexibility index (Phi) is 7.65. The summed E-state index contributed by atoms with van der Waals surface area (Å²) in [5.41, 5.74) is 9.37. The van der Waals surface area contributed by atoms with Crippen LogP contribution in [0.5, 0.6) is 11.5 Å². The van der Waals surface area contributed by atoms with Crippen LogP contribution < -0.4 is 10.1 Å². The number of hydrogen-bond donors (Lipinski definition) is 4. The van der Waals surface area contributed by atoms with Crippen LogP contribution in [0.1, 0.15) is 38.2 Å². The fraction of sp³-hybridized carbons (Fsp3) is 0.417. The largest absolute Gasteiger partial charge is 0.508 e. The first-order chi connectivity index (χ1) is 14.8. The summed E-state index contributed by atoms with van der Waals surface area (Å²) < 4.78 is 5.56. The van der Waals surface area contributed by atoms with Gasteiger partial charge >= 0.3 is 0 Å². The molecular formula is C24H32N4O3. The Morgan fingerprint density at radius 3 is 2.55 bits per heavy atom. The number of aliphatic hydroxyl groups is 1. The van der Waals surface area contributed by atoms with Gasteiger partial charge in [-0.25, -0.2) is 5.53 Å². The van der Waals surface area contributed by atoms with Gasteiger partial charge in [-0.2, -0.15) is 5.11 Å². The van der Waals surface area contributed by atoms with E-state index in [1.54, 1.807) is 26.1 Å². The highest BCUT2D eigenvalue weighted by Crippen LogP contribution is 2.30. The van der Waals surface area contributed by atoms with Gasteiger partial charge in [-0.05, 0) is 87.7 Å². The van der Waals surface area contributed by atoms with E-state index in [4.69, 9.17) is 10.3 Å². The fourth-order valence-electron chi connectivity index (χ4n) is 3.62. The molecule has 3 rings (SSSR count). The lowest BCUT2D eigenvalue weighted by molar-refractivity contribution is 0.0285. The number of phenols is 1. The average molecular weight is 425 g/mol. The number of nitrogens with zero attached hydrogens (tertiary/aromatic N) is 2. The van der Waals surface area contributed by atoms with Crippen LogP contribution in [0.4, 0.5) is 5.69 Å². The molecule has 7 nitrogen and oxygen atoms in total. The number of rotatable bonds is 9. The Bertz CT molecular complexity index is 882. The second-order valence-electron chi connectivity index (χ2n) is 8.66. The van der Waals surface area contributed by atoms with Gasteiger partial charge in [0.2, 0.25) is 0 Å². The van der Waals surface area contributed by atoms with Gasteiger partial charge in [0, 0.05) is 18.4 Å². The lowest BCUT2D eigenvalue weighted by Gasteiger charge is -2.32. The highest BCUT2D eigenvalue weighted by Gasteiger charge is 2.21. The zero-order valence-corrected chi connectivity index (χ0v) is 18.2. The molecule has 0 atom stereocenters. The Labute approximate surface area is 183 Å². The molecule has 1 fully saturated rings. The second kappa shape index (κ2) is 10.4. The monoisotopic (exact) mass is 424 g/mol. The zero-order chi connectivity index (χ0) is 22.3. The molecule has 4 N–H and O–H groups in total. The summed E-state index contributed by atoms with van der Waals surface area (Å²) in [4.78, 5) is 2.30. The van der Waals surface area contributed by atoms with Gasteiger partial charge in [-0.3, -0.25) is 4.90 Å². The van der Waals surface area contributed by atoms with Crippen LogP contribution in [0.25, 0.3) is 0 Å². The predicted octanol–water partition coefficient (Wildman–Crippen LogP) is 4.71. The minimum Gasteiger partial charge on any atom is -0.508 e. The Hall–Kier alpha value is -2.90. The van der Waals surface area contributed by atoms with Crippen LogP contribution in [-0.2, 0) is 0 Å². The van der Waals surface area contributed by atoms with Gasteiger partial charge < -0.3 is 20.3 Å². The molecule has 0 bridgehead atoms. The van der Waals surface area contributed by atoms with E-state index in [-0.39, 0.29) is 6.61 Å². The Morgan fingerprint density at radius 1 is 1.23 bits per heavy atom. The molecule has 1 heterocycles. The smallest absolute Gasteiger partial charge is 0.119 e. The molecule has 7 heteroatoms. The van der Waals surface area contributed by atoms with E-state index in [0.717, 1.165) is 31.6 Å². The van der Waals surface area contributed by atoms with Crippen molar-refractivity contribution in [2.24, 2.45) is 5.11 Å². The SMILES string of the molecule is CC(C)(O)COc1ccc(N/C=C(/CN2CCC(c3cccc(O)c3)CC2)N=N)cc1. The van der Waals surface area contributed by atoms with Gasteiger partial charge in [-0.1, -0.05) is 12.1 Å². The van der Waals surface area contributed by atoms with Crippen molar-refractivity contribution in [3.8, 4) is 11.5 Å². The molecule has 0 amide bonds. The summed E-state index contributed by atoms with van der Waals surface area (Å²) in [7, 11) is 0. The summed E-state index contributed by atoms with van der Waals surface area (Å²) in [5, 5.41) is 26.3. The molecular weight excluding hydrogens is 392 g/mol. The van der Waals surface area contributed by atoms with Crippen molar-refractivity contribution in [1.29, 1.82) is 5.53 Å². The van der Waals surface area contributed by atoms with Crippen molar-refractivity contribution < 1.29 is 14.9 Å². The number of benzene rings is 2. The number of aromatic hydroxyl groups is 1. The van der Waals surface area contributed by atoms with E-state index in [1.165, 1.54) is 5.56 Å². The molecule has 166 valence electrons. The first-order valence-corrected chi connectivity index (χ1v) is 10.6. The normalized spacial score (nSPS) is 16.2. The van der Waals surface area contributed by atoms with Crippen molar-refractivity contribution in [3.63, 3.8) is 0 Å². The molecule has 0 unspecified atom stereocenters. The minimum absolute atomic E-state index is 0.226. The van der Waals surface area contributed by atoms with Crippen molar-refractivity contribution in [3.05, 3.63) is 66.0 Å². The Balaban J connectivity index is 1.48. The number of ether oxygens (including phenoxy) is 1. The maximum Gasteiger partial charge on any atom is 0.119 e. The first kappa shape index (κ1) is 22.8. The highest BCUT2D eigenvalue weighted by atomic mass is 16.5. The first-order valence-electron chi connectivity index (χ1n) is 10.6. The van der Waals surface area contributed by atoms with Crippen molar-refractivity contribution >= 4 is 5.69 Å². The molecule has 1 aliphatic rings. The molecule has 0 spiro atoms. The maximum atomic E-state index is 9.74. The zero-order valence-electron chi connectivity index (χ0n) is 18.2. The Morgan fingerprint density at radius 2 is 1.94 bits per heavy atom. The van der Waals surface area contributed by atoms with E-state index in [2.05, 4.69) is 21.4 Å². The number of piperidine rings is 1. The van der Waals surface area contributed by atoms with E-state index >= 15 is 0 Å². The molecule has 0 aromatic heterocycles. The molecule has 1 saturated heterocycles. The number of phenolic OH excluding ortho intramolecular Hbond substituents is 1. The molecule has 0 radical (unpaired) electrons. The van der Waals surface area contributed by atoms with Crippen molar-refractivity contribution in [1.82, 2.24) is 4.90 Å². The lowest BCUT2D eigenvalue weighted by atomic mass is 9.89. The summed E-state index contributed by atoms with van der Waals surface area (Å²) in [6.45, 7) is 6.11. The van der Waals surface area contributed by atoms with Gasteiger partial charge in [0.1, 0.15) is 18.1 Å². The number of nitrogens with one attached hydrogen (secondary N) is 2. The molecule has 1 aliphatic heterocycles. The molecule has 31 heavy (non-hydrogen) atoms. The van der Waals surface area contributed by atoms with Crippen LogP contribution in [0, 0.1) is 5.53 Å². The van der Waals surface area contributed by atoms with Crippen LogP contribution in [0.3, 0.4) is 0 Å². The highest BCUT2D eigenvalue weighted by molar-refractivity contribution is 5.48. The third-order valence-corrected chi connectivity index (χ3v) is 5.31. The van der Waals surface area contributed by atoms with Crippen LogP contribution in [0.15, 0.2) is 65.5 Å². The third kappa shape index (κ3) is 7.38. The lowest BCUT2D eigenvalue weighted by Crippen LogP contribution is -2.34. The van der Waals surface area contributed by atoms with Crippen molar-refractivity contribution in [2.45, 2.75) is 38.2 Å². The summed E-state index contributed by atoms with van der Waals surface area (Å²) >= 11 is 0. The van der Waals surface area contributed by atoms with Crippen molar-refractivity contribution in [2.75, 3.05) is 31.6 Å². The maximum absolute atomic E-state index is 9.74. The van der Waals surface area contributed by atoms with E-state index < -0.39 is 5.60 Å². The summed E-state index contributed by atoms with van der Waals surface area (Å²) in [5.74, 6) is 1.47. The molecule has 2 aromatic rings. The average Bonchev–Trinajstić information content (AvgIpc) is 2.76. The van der Waals surface area contributed by atoms with Gasteiger partial charge in [0.15, 0.2) is 0 Å². The summed E-state index contributed by atoms with van der Waals surface area (Å²) in [6, 6.07) is 15.0. The molecule has 0 saturated carbocycles. The van der Waals surface area contributed by atoms with E-state index in [1.807, 2.05) is 36.4 Å². The molecule has 2 aromatic carbocycles. The number of anilines is 1. The topological polar surface area (TPSA) is 101 Å². The quantitative estimate of drug-likeness (QED) is 0.437. The van der Waals surface area contributed by atoms with Gasteiger partial charge in [0.05, 0.1) is 11.3 Å². The van der Waals surface area contributed by atoms with Gasteiger partial charge in [-0.15, -0.1) is 0 Å². The van der Waals surface area contributed by atoms with E-state index in [0.29, 0.717) is 29.7 Å². The third-order valence-electron chi connectivity index (χ3n) is 5.31. The number of hydrogen-bond acceptors (Lipinski definition) is 7. The summed E-state index contributed by atoms with van der Waals surface area (Å²) in [6.07, 6.45) is 3.81. The standard InChI is InChI=1S/C24H32N4O3/c1-24(2,30)17-31-23-8-6-20(7-9-23)26-15-21(27-25)16-28-12-10-18(11-13-28)19-4-3-5-22(29)14-19/h3-9,14-15,18,25-26,29-30H,10-13,16-17H2,1-2H3/b21-15-,27-25?. The molecule has 0 aliphatic carbocycles. The fourth-order valence-corrected chi connectivity index (χ4v) is 3.62. The minimum atomic E-state index is -0.873.